The fourth-order valence-electron chi connectivity index (χ4n) is 1.03. The zero-order chi connectivity index (χ0) is 7.84. The van der Waals surface area contributed by atoms with Crippen molar-refractivity contribution in [1.82, 2.24) is 0 Å². The van der Waals surface area contributed by atoms with Gasteiger partial charge in [-0.2, -0.15) is 0 Å². The van der Waals surface area contributed by atoms with Crippen molar-refractivity contribution in [2.45, 2.75) is 6.92 Å². The third-order valence-corrected chi connectivity index (χ3v) is 3.60. The number of hydrogen-bond acceptors (Lipinski definition) is 3. The molecule has 56 valence electrons. The zero-order valence-corrected chi connectivity index (χ0v) is 7.59. The molecule has 0 N–H and O–H groups in total. The quantitative estimate of drug-likeness (QED) is 0.619. The highest BCUT2D eigenvalue weighted by molar-refractivity contribution is 7.28. The van der Waals surface area contributed by atoms with Gasteiger partial charge >= 0.3 is 0 Å². The molecule has 1 nitrogen and oxygen atoms in total. The number of hydrogen-bond donors (Lipinski definition) is 0. The summed E-state index contributed by atoms with van der Waals surface area (Å²) < 4.78 is 2.46. The second kappa shape index (κ2) is 2.43. The second-order valence-electron chi connectivity index (χ2n) is 2.35. The highest BCUT2D eigenvalue weighted by Gasteiger charge is 2.02. The van der Waals surface area contributed by atoms with Gasteiger partial charge in [-0.15, -0.1) is 22.7 Å². The standard InChI is InChI=1S/C8H6OS2/c1-5-2-7-8(10-5)3-6(4-9)11-7/h2-4H,1H3. The number of aldehydes is 1. The summed E-state index contributed by atoms with van der Waals surface area (Å²) in [7, 11) is 0. The van der Waals surface area contributed by atoms with E-state index >= 15 is 0 Å². The van der Waals surface area contributed by atoms with Crippen LogP contribution < -0.4 is 0 Å². The van der Waals surface area contributed by atoms with Crippen LogP contribution in [0, 0.1) is 6.92 Å². The molecule has 0 aromatic carbocycles. The monoisotopic (exact) mass is 182 g/mol. The largest absolute Gasteiger partial charge is 0.297 e. The Morgan fingerprint density at radius 3 is 2.64 bits per heavy atom. The minimum atomic E-state index is 0.825. The Hall–Kier alpha value is -0.670. The highest BCUT2D eigenvalue weighted by Crippen LogP contribution is 2.31. The van der Waals surface area contributed by atoms with Crippen LogP contribution in [0.2, 0.25) is 0 Å². The predicted molar refractivity (Wildman–Crippen MR) is 49.8 cm³/mol. The van der Waals surface area contributed by atoms with Crippen LogP contribution in [0.3, 0.4) is 0 Å². The molecule has 0 aliphatic heterocycles. The number of carbonyl (C=O) groups excluding carboxylic acids is 1. The Kier molecular flexibility index (Phi) is 1.55. The number of fused-ring (bicyclic) bond motifs is 1. The summed E-state index contributed by atoms with van der Waals surface area (Å²) in [6.45, 7) is 2.08. The number of rotatable bonds is 1. The van der Waals surface area contributed by atoms with Gasteiger partial charge in [-0.05, 0) is 19.1 Å². The summed E-state index contributed by atoms with van der Waals surface area (Å²) in [5.74, 6) is 0. The summed E-state index contributed by atoms with van der Waals surface area (Å²) in [6, 6.07) is 4.07. The molecule has 0 bridgehead atoms. The second-order valence-corrected chi connectivity index (χ2v) is 4.76. The van der Waals surface area contributed by atoms with E-state index in [0.29, 0.717) is 0 Å². The first-order valence-electron chi connectivity index (χ1n) is 3.25. The fourth-order valence-corrected chi connectivity index (χ4v) is 3.18. The molecule has 0 saturated heterocycles. The normalized spacial score (nSPS) is 10.6. The maximum Gasteiger partial charge on any atom is 0.160 e. The van der Waals surface area contributed by atoms with E-state index in [4.69, 9.17) is 0 Å². The van der Waals surface area contributed by atoms with Crippen LogP contribution in [0.5, 0.6) is 0 Å². The van der Waals surface area contributed by atoms with Crippen LogP contribution in [-0.2, 0) is 0 Å². The molecule has 0 radical (unpaired) electrons. The van der Waals surface area contributed by atoms with Crippen LogP contribution in [0.15, 0.2) is 12.1 Å². The smallest absolute Gasteiger partial charge is 0.160 e. The van der Waals surface area contributed by atoms with Crippen LogP contribution in [-0.4, -0.2) is 6.29 Å². The van der Waals surface area contributed by atoms with Crippen molar-refractivity contribution in [3.05, 3.63) is 21.9 Å². The Labute approximate surface area is 72.3 Å². The Bertz CT molecular complexity index is 366. The number of aryl methyl sites for hydroxylation is 1. The molecule has 0 aliphatic carbocycles. The van der Waals surface area contributed by atoms with Gasteiger partial charge < -0.3 is 0 Å². The average Bonchev–Trinajstić information content (AvgIpc) is 2.43. The Balaban J connectivity index is 2.72. The van der Waals surface area contributed by atoms with Crippen molar-refractivity contribution in [2.75, 3.05) is 0 Å². The van der Waals surface area contributed by atoms with E-state index in [0.717, 1.165) is 11.2 Å². The molecule has 0 unspecified atom stereocenters. The lowest BCUT2D eigenvalue weighted by molar-refractivity contribution is 0.112. The molecule has 11 heavy (non-hydrogen) atoms. The van der Waals surface area contributed by atoms with Gasteiger partial charge in [0.25, 0.3) is 0 Å². The zero-order valence-electron chi connectivity index (χ0n) is 5.96. The third kappa shape index (κ3) is 1.10. The topological polar surface area (TPSA) is 17.1 Å². The summed E-state index contributed by atoms with van der Waals surface area (Å²) >= 11 is 3.30. The van der Waals surface area contributed by atoms with Crippen molar-refractivity contribution < 1.29 is 4.79 Å². The van der Waals surface area contributed by atoms with E-state index in [1.165, 1.54) is 14.3 Å². The van der Waals surface area contributed by atoms with E-state index in [-0.39, 0.29) is 0 Å². The van der Waals surface area contributed by atoms with Gasteiger partial charge in [-0.25, -0.2) is 0 Å². The molecule has 0 fully saturated rings. The summed E-state index contributed by atoms with van der Waals surface area (Å²) in [6.07, 6.45) is 0.909. The molecule has 2 heterocycles. The van der Waals surface area contributed by atoms with Gasteiger partial charge in [0.1, 0.15) is 0 Å². The van der Waals surface area contributed by atoms with Crippen molar-refractivity contribution in [3.63, 3.8) is 0 Å². The average molecular weight is 182 g/mol. The maximum absolute atomic E-state index is 10.4. The first-order valence-corrected chi connectivity index (χ1v) is 4.88. The van der Waals surface area contributed by atoms with E-state index in [2.05, 4.69) is 13.0 Å². The molecule has 0 amide bonds. The molecular weight excluding hydrogens is 176 g/mol. The third-order valence-electron chi connectivity index (χ3n) is 1.47. The molecule has 0 aliphatic rings. The highest BCUT2D eigenvalue weighted by atomic mass is 32.1. The van der Waals surface area contributed by atoms with Gasteiger partial charge in [-0.3, -0.25) is 4.79 Å². The van der Waals surface area contributed by atoms with E-state index in [9.17, 15) is 4.79 Å². The SMILES string of the molecule is Cc1cc2sc(C=O)cc2s1. The van der Waals surface area contributed by atoms with Gasteiger partial charge in [0.05, 0.1) is 4.88 Å². The van der Waals surface area contributed by atoms with Crippen molar-refractivity contribution >= 4 is 38.4 Å². The van der Waals surface area contributed by atoms with Gasteiger partial charge in [0, 0.05) is 14.3 Å². The van der Waals surface area contributed by atoms with E-state index in [1.54, 1.807) is 22.7 Å². The number of carbonyl (C=O) groups is 1. The van der Waals surface area contributed by atoms with Crippen molar-refractivity contribution in [3.8, 4) is 0 Å². The molecule has 2 aromatic heterocycles. The number of thiophene rings is 2. The fraction of sp³-hybridized carbons (Fsp3) is 0.125. The maximum atomic E-state index is 10.4. The van der Waals surface area contributed by atoms with E-state index < -0.39 is 0 Å². The minimum Gasteiger partial charge on any atom is -0.297 e. The van der Waals surface area contributed by atoms with Crippen LogP contribution in [0.4, 0.5) is 0 Å². The molecule has 0 atom stereocenters. The van der Waals surface area contributed by atoms with Crippen molar-refractivity contribution in [2.24, 2.45) is 0 Å². The van der Waals surface area contributed by atoms with Gasteiger partial charge in [0.2, 0.25) is 0 Å². The Morgan fingerprint density at radius 2 is 2.00 bits per heavy atom. The molecule has 3 heteroatoms. The molecule has 0 saturated carbocycles. The lowest BCUT2D eigenvalue weighted by Crippen LogP contribution is -1.62. The first kappa shape index (κ1) is 7.00. The minimum absolute atomic E-state index is 0.825. The van der Waals surface area contributed by atoms with Crippen LogP contribution in [0.25, 0.3) is 9.40 Å². The van der Waals surface area contributed by atoms with Gasteiger partial charge in [0.15, 0.2) is 6.29 Å². The lowest BCUT2D eigenvalue weighted by atomic mass is 10.4. The molecular formula is C8H6OS2. The van der Waals surface area contributed by atoms with Gasteiger partial charge in [-0.1, -0.05) is 0 Å². The molecule has 2 rings (SSSR count). The summed E-state index contributed by atoms with van der Waals surface area (Å²) in [4.78, 5) is 12.5. The molecule has 0 spiro atoms. The van der Waals surface area contributed by atoms with Crippen LogP contribution >= 0.6 is 22.7 Å². The van der Waals surface area contributed by atoms with E-state index in [1.807, 2.05) is 6.07 Å². The predicted octanol–water partition coefficient (Wildman–Crippen LogP) is 3.08. The first-order chi connectivity index (χ1) is 5.29. The van der Waals surface area contributed by atoms with Crippen molar-refractivity contribution in [1.29, 1.82) is 0 Å². The van der Waals surface area contributed by atoms with Crippen LogP contribution in [0.1, 0.15) is 14.5 Å². The molecule has 2 aromatic rings. The Morgan fingerprint density at radius 1 is 1.27 bits per heavy atom. The lowest BCUT2D eigenvalue weighted by Gasteiger charge is -1.74. The summed E-state index contributed by atoms with van der Waals surface area (Å²) in [5.41, 5.74) is 0. The summed E-state index contributed by atoms with van der Waals surface area (Å²) in [5, 5.41) is 0.